The molecule has 1 aliphatic carbocycles. The van der Waals surface area contributed by atoms with Gasteiger partial charge >= 0.3 is 0 Å². The summed E-state index contributed by atoms with van der Waals surface area (Å²) in [5.74, 6) is -2.83. The second kappa shape index (κ2) is 5.75. The van der Waals surface area contributed by atoms with Crippen LogP contribution in [0, 0.1) is 5.92 Å². The monoisotopic (exact) mass is 319 g/mol. The summed E-state index contributed by atoms with van der Waals surface area (Å²) in [6.45, 7) is 4.96. The maximum absolute atomic E-state index is 12.9. The normalized spacial score (nSPS) is 22.9. The average Bonchev–Trinajstić information content (AvgIpc) is 3.12. The fraction of sp³-hybridized carbons (Fsp3) is 0.474. The van der Waals surface area contributed by atoms with Gasteiger partial charge < -0.3 is 10.0 Å². The van der Waals surface area contributed by atoms with E-state index in [0.29, 0.717) is 13.0 Å². The zero-order valence-corrected chi connectivity index (χ0v) is 13.6. The van der Waals surface area contributed by atoms with Crippen LogP contribution in [0.4, 0.5) is 8.78 Å². The van der Waals surface area contributed by atoms with Crippen molar-refractivity contribution in [1.82, 2.24) is 4.90 Å². The van der Waals surface area contributed by atoms with E-state index < -0.39 is 17.4 Å². The molecule has 2 aliphatic rings. The van der Waals surface area contributed by atoms with E-state index in [1.165, 1.54) is 0 Å². The Hall–Kier alpha value is -1.68. The van der Waals surface area contributed by atoms with Crippen LogP contribution in [0.3, 0.4) is 0 Å². The van der Waals surface area contributed by atoms with Crippen molar-refractivity contribution in [2.24, 2.45) is 5.92 Å². The molecule has 0 spiro atoms. The molecule has 124 valence electrons. The number of hydrogen-bond donors (Lipinski definition) is 1. The Morgan fingerprint density at radius 3 is 2.39 bits per heavy atom. The molecule has 1 aromatic rings. The van der Waals surface area contributed by atoms with E-state index in [4.69, 9.17) is 0 Å². The maximum atomic E-state index is 12.9. The Morgan fingerprint density at radius 2 is 1.91 bits per heavy atom. The zero-order valence-electron chi connectivity index (χ0n) is 13.6. The molecule has 0 saturated heterocycles. The molecule has 0 aromatic heterocycles. The van der Waals surface area contributed by atoms with Crippen molar-refractivity contribution in [3.8, 4) is 0 Å². The Balaban J connectivity index is 1.56. The van der Waals surface area contributed by atoms with Gasteiger partial charge in [-0.2, -0.15) is 0 Å². The van der Waals surface area contributed by atoms with Crippen LogP contribution in [0.1, 0.15) is 37.8 Å². The molecule has 1 unspecified atom stereocenters. The first-order valence-corrected chi connectivity index (χ1v) is 8.09. The number of aliphatic hydroxyl groups is 1. The third kappa shape index (κ3) is 3.81. The molecule has 1 heterocycles. The summed E-state index contributed by atoms with van der Waals surface area (Å²) < 4.78 is 25.8. The van der Waals surface area contributed by atoms with Gasteiger partial charge in [0.05, 0.1) is 5.60 Å². The van der Waals surface area contributed by atoms with Gasteiger partial charge in [-0.25, -0.2) is 8.78 Å². The molecule has 3 rings (SSSR count). The van der Waals surface area contributed by atoms with Gasteiger partial charge in [-0.1, -0.05) is 30.3 Å². The lowest BCUT2D eigenvalue weighted by Gasteiger charge is -2.23. The summed E-state index contributed by atoms with van der Waals surface area (Å²) >= 11 is 0. The lowest BCUT2D eigenvalue weighted by atomic mass is 9.95. The molecule has 4 heteroatoms. The molecule has 1 saturated carbocycles. The minimum atomic E-state index is -2.41. The Bertz CT molecular complexity index is 626. The molecule has 23 heavy (non-hydrogen) atoms. The minimum absolute atomic E-state index is 0.0548. The van der Waals surface area contributed by atoms with Crippen molar-refractivity contribution in [1.29, 1.82) is 0 Å². The standard InChI is InChI=1S/C19H23F2NO/c1-18(2,23)16-5-3-14(4-6-16)15-7-10-22(11-8-15)12-9-17-13-19(17,20)21/h3-8,10,17,23H,9,11-13H2,1-2H3. The third-order valence-electron chi connectivity index (χ3n) is 4.66. The molecular formula is C19H23F2NO. The molecule has 1 N–H and O–H groups in total. The van der Waals surface area contributed by atoms with Crippen molar-refractivity contribution < 1.29 is 13.9 Å². The molecule has 1 fully saturated rings. The first kappa shape index (κ1) is 16.2. The van der Waals surface area contributed by atoms with E-state index in [9.17, 15) is 13.9 Å². The number of rotatable bonds is 5. The number of halogens is 2. The summed E-state index contributed by atoms with van der Waals surface area (Å²) in [5, 5.41) is 9.98. The predicted molar refractivity (Wildman–Crippen MR) is 88.0 cm³/mol. The summed E-state index contributed by atoms with van der Waals surface area (Å²) in [5.41, 5.74) is 2.27. The van der Waals surface area contributed by atoms with Crippen LogP contribution in [-0.4, -0.2) is 29.0 Å². The molecular weight excluding hydrogens is 296 g/mol. The van der Waals surface area contributed by atoms with Crippen molar-refractivity contribution in [3.63, 3.8) is 0 Å². The number of benzene rings is 1. The van der Waals surface area contributed by atoms with Gasteiger partial charge in [-0.3, -0.25) is 0 Å². The highest BCUT2D eigenvalue weighted by Gasteiger charge is 2.56. The van der Waals surface area contributed by atoms with E-state index in [-0.39, 0.29) is 6.42 Å². The van der Waals surface area contributed by atoms with Gasteiger partial charge in [0, 0.05) is 25.4 Å². The zero-order chi connectivity index (χ0) is 16.7. The van der Waals surface area contributed by atoms with E-state index in [1.807, 2.05) is 36.5 Å². The molecule has 1 aromatic carbocycles. The van der Waals surface area contributed by atoms with E-state index in [2.05, 4.69) is 11.0 Å². The fourth-order valence-corrected chi connectivity index (χ4v) is 2.89. The van der Waals surface area contributed by atoms with Crippen molar-refractivity contribution in [3.05, 3.63) is 53.7 Å². The Kier molecular flexibility index (Phi) is 4.05. The smallest absolute Gasteiger partial charge is 0.251 e. The summed E-state index contributed by atoms with van der Waals surface area (Å²) in [4.78, 5) is 2.07. The number of nitrogens with zero attached hydrogens (tertiary/aromatic N) is 1. The first-order chi connectivity index (χ1) is 10.8. The summed E-state index contributed by atoms with van der Waals surface area (Å²) in [6, 6.07) is 7.88. The predicted octanol–water partition coefficient (Wildman–Crippen LogP) is 4.17. The quantitative estimate of drug-likeness (QED) is 0.880. The van der Waals surface area contributed by atoms with E-state index in [1.54, 1.807) is 13.8 Å². The van der Waals surface area contributed by atoms with Crippen LogP contribution < -0.4 is 0 Å². The number of hydrogen-bond acceptors (Lipinski definition) is 2. The number of alkyl halides is 2. The van der Waals surface area contributed by atoms with Crippen LogP contribution in [0.25, 0.3) is 5.57 Å². The average molecular weight is 319 g/mol. The van der Waals surface area contributed by atoms with Crippen molar-refractivity contribution in [2.75, 3.05) is 13.1 Å². The lowest BCUT2D eigenvalue weighted by molar-refractivity contribution is 0.0786. The van der Waals surface area contributed by atoms with Crippen LogP contribution >= 0.6 is 0 Å². The maximum Gasteiger partial charge on any atom is 0.251 e. The van der Waals surface area contributed by atoms with Crippen LogP contribution in [0.5, 0.6) is 0 Å². The van der Waals surface area contributed by atoms with Crippen LogP contribution in [0.15, 0.2) is 42.6 Å². The lowest BCUT2D eigenvalue weighted by Crippen LogP contribution is -2.22. The van der Waals surface area contributed by atoms with Gasteiger partial charge in [0.25, 0.3) is 5.92 Å². The van der Waals surface area contributed by atoms with E-state index >= 15 is 0 Å². The second-order valence-corrected chi connectivity index (χ2v) is 7.06. The molecule has 2 nitrogen and oxygen atoms in total. The Labute approximate surface area is 136 Å². The minimum Gasteiger partial charge on any atom is -0.386 e. The molecule has 1 atom stereocenters. The fourth-order valence-electron chi connectivity index (χ4n) is 2.89. The SMILES string of the molecule is CC(C)(O)c1ccc(C2=CCN(CCC3CC3(F)F)C=C2)cc1. The van der Waals surface area contributed by atoms with Crippen molar-refractivity contribution in [2.45, 2.75) is 38.2 Å². The number of allylic oxidation sites excluding steroid dienone is 2. The molecule has 0 radical (unpaired) electrons. The van der Waals surface area contributed by atoms with Gasteiger partial charge in [0.2, 0.25) is 0 Å². The molecule has 1 aliphatic heterocycles. The Morgan fingerprint density at radius 1 is 1.26 bits per heavy atom. The second-order valence-electron chi connectivity index (χ2n) is 7.06. The van der Waals surface area contributed by atoms with Gasteiger partial charge in [-0.15, -0.1) is 0 Å². The molecule has 0 bridgehead atoms. The van der Waals surface area contributed by atoms with Crippen LogP contribution in [-0.2, 0) is 5.60 Å². The highest BCUT2D eigenvalue weighted by molar-refractivity contribution is 5.75. The third-order valence-corrected chi connectivity index (χ3v) is 4.66. The topological polar surface area (TPSA) is 23.5 Å². The van der Waals surface area contributed by atoms with Gasteiger partial charge in [-0.05, 0) is 49.2 Å². The van der Waals surface area contributed by atoms with E-state index in [0.717, 1.165) is 23.2 Å². The highest BCUT2D eigenvalue weighted by atomic mass is 19.3. The summed E-state index contributed by atoms with van der Waals surface area (Å²) in [6.07, 6.45) is 6.73. The largest absolute Gasteiger partial charge is 0.386 e. The summed E-state index contributed by atoms with van der Waals surface area (Å²) in [7, 11) is 0. The highest BCUT2D eigenvalue weighted by Crippen LogP contribution is 2.50. The van der Waals surface area contributed by atoms with Crippen molar-refractivity contribution >= 4 is 5.57 Å². The molecule has 0 amide bonds. The van der Waals surface area contributed by atoms with Gasteiger partial charge in [0.1, 0.15) is 0 Å². The first-order valence-electron chi connectivity index (χ1n) is 8.09. The van der Waals surface area contributed by atoms with Crippen LogP contribution in [0.2, 0.25) is 0 Å². The van der Waals surface area contributed by atoms with Gasteiger partial charge in [0.15, 0.2) is 0 Å².